The van der Waals surface area contributed by atoms with Gasteiger partial charge >= 0.3 is 0 Å². The summed E-state index contributed by atoms with van der Waals surface area (Å²) in [6, 6.07) is 0. The summed E-state index contributed by atoms with van der Waals surface area (Å²) in [5, 5.41) is 0. The van der Waals surface area contributed by atoms with Crippen LogP contribution in [-0.4, -0.2) is 5.78 Å². The number of hydrogen-bond acceptors (Lipinski definition) is 1. The lowest BCUT2D eigenvalue weighted by molar-refractivity contribution is -0.116. The molecule has 0 aromatic heterocycles. The average molecular weight is 407 g/mol. The highest BCUT2D eigenvalue weighted by Crippen LogP contribution is 2.63. The Balaban J connectivity index is 1.60. The average Bonchev–Trinajstić information content (AvgIpc) is 3.06. The van der Waals surface area contributed by atoms with Gasteiger partial charge in [0.25, 0.3) is 0 Å². The Morgan fingerprint density at radius 1 is 1.10 bits per heavy atom. The summed E-state index contributed by atoms with van der Waals surface area (Å²) in [7, 11) is 0. The summed E-state index contributed by atoms with van der Waals surface area (Å²) in [5.41, 5.74) is 6.91. The van der Waals surface area contributed by atoms with Crippen LogP contribution in [0.3, 0.4) is 0 Å². The number of rotatable bonds is 5. The van der Waals surface area contributed by atoms with Crippen LogP contribution < -0.4 is 0 Å². The number of hydrogen-bond donors (Lipinski definition) is 0. The molecule has 1 nitrogen and oxygen atoms in total. The van der Waals surface area contributed by atoms with E-state index in [9.17, 15) is 4.79 Å². The monoisotopic (exact) mass is 406 g/mol. The molecule has 5 atom stereocenters. The fourth-order valence-electron chi connectivity index (χ4n) is 7.63. The van der Waals surface area contributed by atoms with E-state index in [4.69, 9.17) is 0 Å². The topological polar surface area (TPSA) is 17.1 Å². The van der Waals surface area contributed by atoms with Crippen molar-refractivity contribution in [3.8, 4) is 0 Å². The van der Waals surface area contributed by atoms with E-state index in [1.54, 1.807) is 16.7 Å². The van der Waals surface area contributed by atoms with E-state index in [0.717, 1.165) is 24.7 Å². The van der Waals surface area contributed by atoms with Crippen LogP contribution in [0.15, 0.2) is 46.6 Å². The van der Waals surface area contributed by atoms with Gasteiger partial charge in [0, 0.05) is 6.42 Å². The summed E-state index contributed by atoms with van der Waals surface area (Å²) >= 11 is 0. The van der Waals surface area contributed by atoms with Gasteiger partial charge in [-0.2, -0.15) is 0 Å². The van der Waals surface area contributed by atoms with E-state index in [-0.39, 0.29) is 5.41 Å². The Morgan fingerprint density at radius 3 is 2.57 bits per heavy atom. The van der Waals surface area contributed by atoms with Gasteiger partial charge < -0.3 is 0 Å². The normalized spacial score (nSPS) is 37.1. The van der Waals surface area contributed by atoms with Gasteiger partial charge in [-0.3, -0.25) is 4.79 Å². The first-order chi connectivity index (χ1) is 14.2. The van der Waals surface area contributed by atoms with Crippen molar-refractivity contribution in [2.75, 3.05) is 0 Å². The van der Waals surface area contributed by atoms with Crippen molar-refractivity contribution < 1.29 is 4.79 Å². The maximum atomic E-state index is 12.0. The van der Waals surface area contributed by atoms with Gasteiger partial charge in [0.15, 0.2) is 5.78 Å². The Morgan fingerprint density at radius 2 is 1.87 bits per heavy atom. The molecule has 30 heavy (non-hydrogen) atoms. The molecule has 164 valence electrons. The lowest BCUT2D eigenvalue weighted by Crippen LogP contribution is -2.41. The molecule has 4 aliphatic rings. The van der Waals surface area contributed by atoms with Crippen LogP contribution in [0.25, 0.3) is 0 Å². The first-order valence-corrected chi connectivity index (χ1v) is 12.5. The van der Waals surface area contributed by atoms with E-state index >= 15 is 0 Å². The van der Waals surface area contributed by atoms with Crippen LogP contribution in [-0.2, 0) is 4.79 Å². The summed E-state index contributed by atoms with van der Waals surface area (Å²) in [5.74, 6) is 3.21. The van der Waals surface area contributed by atoms with Gasteiger partial charge in [-0.15, -0.1) is 0 Å². The maximum absolute atomic E-state index is 12.0. The van der Waals surface area contributed by atoms with Gasteiger partial charge in [0.2, 0.25) is 0 Å². The van der Waals surface area contributed by atoms with Crippen LogP contribution in [0.4, 0.5) is 0 Å². The predicted molar refractivity (Wildman–Crippen MR) is 127 cm³/mol. The van der Waals surface area contributed by atoms with E-state index in [1.165, 1.54) is 44.1 Å². The second-order valence-electron chi connectivity index (χ2n) is 11.4. The van der Waals surface area contributed by atoms with Crippen LogP contribution in [0.5, 0.6) is 0 Å². The molecule has 0 saturated heterocycles. The Kier molecular flexibility index (Phi) is 5.79. The van der Waals surface area contributed by atoms with Gasteiger partial charge in [-0.25, -0.2) is 0 Å². The maximum Gasteiger partial charge on any atom is 0.156 e. The largest absolute Gasteiger partial charge is 0.295 e. The van der Waals surface area contributed by atoms with Crippen molar-refractivity contribution in [3.63, 3.8) is 0 Å². The fraction of sp³-hybridized carbons (Fsp3) is 0.690. The van der Waals surface area contributed by atoms with Gasteiger partial charge in [0.1, 0.15) is 0 Å². The SMILES string of the molecule is C/C=C(\CC[C@@H](C)C1CCC2=C3C=CC4=CC(=O)CCC4(C)C3CCC21C)C(C)C. The molecule has 0 spiro atoms. The molecular formula is C29H42O. The molecule has 0 N–H and O–H groups in total. The third kappa shape index (κ3) is 3.41. The first kappa shape index (κ1) is 21.8. The van der Waals surface area contributed by atoms with Crippen molar-refractivity contribution in [2.24, 2.45) is 34.5 Å². The number of fused-ring (bicyclic) bond motifs is 4. The number of carbonyl (C=O) groups excluding carboxylic acids is 1. The Hall–Kier alpha value is -1.37. The van der Waals surface area contributed by atoms with Gasteiger partial charge in [-0.1, -0.05) is 64.0 Å². The van der Waals surface area contributed by atoms with E-state index in [0.29, 0.717) is 23.0 Å². The molecule has 0 amide bonds. The number of carbonyl (C=O) groups is 1. The first-order valence-electron chi connectivity index (χ1n) is 12.5. The molecule has 0 aromatic rings. The van der Waals surface area contributed by atoms with E-state index in [1.807, 2.05) is 6.08 Å². The van der Waals surface area contributed by atoms with Crippen LogP contribution in [0.1, 0.15) is 92.9 Å². The van der Waals surface area contributed by atoms with Crippen molar-refractivity contribution in [2.45, 2.75) is 92.9 Å². The lowest BCUT2D eigenvalue weighted by atomic mass is 9.53. The molecule has 0 radical (unpaired) electrons. The molecule has 4 unspecified atom stereocenters. The summed E-state index contributed by atoms with van der Waals surface area (Å²) < 4.78 is 0. The second kappa shape index (κ2) is 7.95. The zero-order valence-electron chi connectivity index (χ0n) is 20.2. The quantitative estimate of drug-likeness (QED) is 0.423. The zero-order chi connectivity index (χ0) is 21.7. The van der Waals surface area contributed by atoms with Gasteiger partial charge in [-0.05, 0) is 104 Å². The van der Waals surface area contributed by atoms with Crippen molar-refractivity contribution in [3.05, 3.63) is 46.6 Å². The van der Waals surface area contributed by atoms with Crippen molar-refractivity contribution >= 4 is 5.78 Å². The second-order valence-corrected chi connectivity index (χ2v) is 11.4. The molecule has 1 heteroatoms. The number of ketones is 1. The molecule has 0 bridgehead atoms. The molecule has 4 rings (SSSR count). The lowest BCUT2D eigenvalue weighted by Gasteiger charge is -2.51. The molecule has 0 aromatic carbocycles. The van der Waals surface area contributed by atoms with Crippen LogP contribution in [0, 0.1) is 34.5 Å². The van der Waals surface area contributed by atoms with Crippen LogP contribution in [0.2, 0.25) is 0 Å². The van der Waals surface area contributed by atoms with Gasteiger partial charge in [0.05, 0.1) is 0 Å². The summed E-state index contributed by atoms with van der Waals surface area (Å²) in [6.45, 7) is 14.4. The fourth-order valence-corrected chi connectivity index (χ4v) is 7.63. The van der Waals surface area contributed by atoms with Crippen LogP contribution >= 0.6 is 0 Å². The highest BCUT2D eigenvalue weighted by molar-refractivity contribution is 5.92. The molecule has 0 aliphatic heterocycles. The highest BCUT2D eigenvalue weighted by atomic mass is 16.1. The highest BCUT2D eigenvalue weighted by Gasteiger charge is 2.53. The smallest absolute Gasteiger partial charge is 0.156 e. The molecule has 4 aliphatic carbocycles. The molecule has 0 heterocycles. The minimum absolute atomic E-state index is 0.175. The molecular weight excluding hydrogens is 364 g/mol. The third-order valence-electron chi connectivity index (χ3n) is 9.66. The molecule has 1 fully saturated rings. The van der Waals surface area contributed by atoms with Crippen molar-refractivity contribution in [1.29, 1.82) is 0 Å². The summed E-state index contributed by atoms with van der Waals surface area (Å²) in [6.07, 6.45) is 18.6. The molecule has 1 saturated carbocycles. The Labute approximate surface area is 184 Å². The summed E-state index contributed by atoms with van der Waals surface area (Å²) in [4.78, 5) is 12.0. The van der Waals surface area contributed by atoms with Crippen molar-refractivity contribution in [1.82, 2.24) is 0 Å². The minimum Gasteiger partial charge on any atom is -0.295 e. The van der Waals surface area contributed by atoms with E-state index < -0.39 is 0 Å². The standard InChI is InChI=1S/C29H42O/c1-7-21(19(2)3)9-8-20(4)25-12-13-26-24-11-10-22-18-23(30)14-16-28(22,5)27(24)15-17-29(25,26)6/h7,10-11,18-20,25,27H,8-9,12-17H2,1-6H3/b21-7+/t20-,25?,27?,28?,29?/m1/s1. The minimum atomic E-state index is 0.175. The number of allylic oxidation sites excluding steroid dienone is 8. The van der Waals surface area contributed by atoms with E-state index in [2.05, 4.69) is 59.8 Å². The Bertz CT molecular complexity index is 834. The predicted octanol–water partition coefficient (Wildman–Crippen LogP) is 7.99. The zero-order valence-corrected chi connectivity index (χ0v) is 20.2. The third-order valence-corrected chi connectivity index (χ3v) is 9.66.